The van der Waals surface area contributed by atoms with Gasteiger partial charge >= 0.3 is 0 Å². The highest BCUT2D eigenvalue weighted by molar-refractivity contribution is 8.24. The highest BCUT2D eigenvalue weighted by Crippen LogP contribution is 2.40. The molecule has 0 N–H and O–H groups in total. The zero-order valence-corrected chi connectivity index (χ0v) is 12.4. The summed E-state index contributed by atoms with van der Waals surface area (Å²) in [7, 11) is 1.88. The number of hydrogen-bond acceptors (Lipinski definition) is 4. The molecular formula is C11H14N2OS3. The van der Waals surface area contributed by atoms with Gasteiger partial charge in [-0.15, -0.1) is 11.3 Å². The van der Waals surface area contributed by atoms with E-state index in [0.717, 1.165) is 13.9 Å². The molecule has 1 aliphatic heterocycles. The summed E-state index contributed by atoms with van der Waals surface area (Å²) in [5, 5.41) is 14.2. The molecule has 2 heterocycles. The van der Waals surface area contributed by atoms with Gasteiger partial charge in [0, 0.05) is 7.05 Å². The van der Waals surface area contributed by atoms with Crippen LogP contribution in [0, 0.1) is 5.21 Å². The average molecular weight is 286 g/mol. The Hall–Kier alpha value is -0.590. The molecule has 1 fully saturated rings. The van der Waals surface area contributed by atoms with Crippen molar-refractivity contribution in [3.63, 3.8) is 0 Å². The molecular weight excluding hydrogens is 272 g/mol. The Morgan fingerprint density at radius 1 is 1.59 bits per heavy atom. The summed E-state index contributed by atoms with van der Waals surface area (Å²) >= 11 is 8.38. The first-order chi connectivity index (χ1) is 7.92. The number of hydroxylamine groups is 1. The Kier molecular flexibility index (Phi) is 3.47. The predicted octanol–water partition coefficient (Wildman–Crippen LogP) is 2.75. The van der Waals surface area contributed by atoms with Crippen LogP contribution >= 0.6 is 35.3 Å². The van der Waals surface area contributed by atoms with Gasteiger partial charge in [0.25, 0.3) is 6.17 Å². The minimum atomic E-state index is -0.248. The Morgan fingerprint density at radius 2 is 2.29 bits per heavy atom. The van der Waals surface area contributed by atoms with Crippen molar-refractivity contribution >= 4 is 45.9 Å². The number of nitrogens with zero attached hydrogens (tertiary/aromatic N) is 2. The van der Waals surface area contributed by atoms with E-state index in [1.807, 2.05) is 43.3 Å². The van der Waals surface area contributed by atoms with Crippen molar-refractivity contribution in [3.05, 3.63) is 27.6 Å². The van der Waals surface area contributed by atoms with Gasteiger partial charge in [0.1, 0.15) is 9.07 Å². The Morgan fingerprint density at radius 3 is 2.76 bits per heavy atom. The Labute approximate surface area is 115 Å². The van der Waals surface area contributed by atoms with E-state index < -0.39 is 0 Å². The number of hydrogen-bond donors (Lipinski definition) is 0. The lowest BCUT2D eigenvalue weighted by molar-refractivity contribution is -0.522. The maximum absolute atomic E-state index is 12.2. The van der Waals surface area contributed by atoms with Gasteiger partial charge in [-0.1, -0.05) is 30.0 Å². The van der Waals surface area contributed by atoms with Crippen LogP contribution in [-0.4, -0.2) is 38.1 Å². The molecule has 0 amide bonds. The maximum Gasteiger partial charge on any atom is 0.254 e. The molecule has 1 unspecified atom stereocenters. The van der Waals surface area contributed by atoms with Crippen molar-refractivity contribution in [2.75, 3.05) is 7.05 Å². The van der Waals surface area contributed by atoms with Crippen LogP contribution in [0.5, 0.6) is 0 Å². The van der Waals surface area contributed by atoms with E-state index in [0.29, 0.717) is 0 Å². The number of thiocarbonyl (C=S) groups is 1. The summed E-state index contributed by atoms with van der Waals surface area (Å²) in [6.07, 6.45) is 1.39. The van der Waals surface area contributed by atoms with E-state index in [1.54, 1.807) is 29.3 Å². The molecule has 1 saturated heterocycles. The van der Waals surface area contributed by atoms with Gasteiger partial charge in [0.15, 0.2) is 6.21 Å². The van der Waals surface area contributed by atoms with Crippen LogP contribution in [-0.2, 0) is 0 Å². The lowest BCUT2D eigenvalue weighted by Crippen LogP contribution is -2.46. The van der Waals surface area contributed by atoms with Crippen molar-refractivity contribution in [3.8, 4) is 0 Å². The minimum Gasteiger partial charge on any atom is -0.622 e. The van der Waals surface area contributed by atoms with E-state index in [-0.39, 0.29) is 10.9 Å². The molecule has 3 nitrogen and oxygen atoms in total. The molecule has 1 aliphatic rings. The molecule has 1 atom stereocenters. The molecule has 1 aromatic heterocycles. The third-order valence-electron chi connectivity index (χ3n) is 2.67. The van der Waals surface area contributed by atoms with Gasteiger partial charge in [-0.3, -0.25) is 0 Å². The molecule has 17 heavy (non-hydrogen) atoms. The number of rotatable bonds is 2. The van der Waals surface area contributed by atoms with Crippen LogP contribution in [0.25, 0.3) is 0 Å². The molecule has 0 radical (unpaired) electrons. The lowest BCUT2D eigenvalue weighted by Gasteiger charge is -2.27. The fraction of sp³-hybridized carbons (Fsp3) is 0.455. The van der Waals surface area contributed by atoms with E-state index >= 15 is 0 Å². The van der Waals surface area contributed by atoms with E-state index in [2.05, 4.69) is 0 Å². The molecule has 92 valence electrons. The molecule has 0 saturated carbocycles. The molecule has 6 heteroatoms. The highest BCUT2D eigenvalue weighted by Gasteiger charge is 2.48. The van der Waals surface area contributed by atoms with Gasteiger partial charge in [-0.2, -0.15) is 4.74 Å². The van der Waals surface area contributed by atoms with Crippen LogP contribution in [0.4, 0.5) is 0 Å². The molecule has 1 aromatic rings. The first-order valence-corrected chi connectivity index (χ1v) is 7.32. The van der Waals surface area contributed by atoms with Gasteiger partial charge in [0.2, 0.25) is 0 Å². The summed E-state index contributed by atoms with van der Waals surface area (Å²) in [5.74, 6) is 0. The fourth-order valence-corrected chi connectivity index (χ4v) is 4.40. The van der Waals surface area contributed by atoms with Crippen LogP contribution in [0.2, 0.25) is 0 Å². The van der Waals surface area contributed by atoms with Crippen molar-refractivity contribution in [1.29, 1.82) is 0 Å². The minimum absolute atomic E-state index is 0.193. The third-order valence-corrected chi connectivity index (χ3v) is 5.21. The first-order valence-electron chi connectivity index (χ1n) is 5.21. The second-order valence-corrected chi connectivity index (χ2v) is 7.73. The quantitative estimate of drug-likeness (QED) is 0.275. The second kappa shape index (κ2) is 4.59. The molecule has 0 spiro atoms. The standard InChI is InChI=1S/C11H14N2OS3/c1-11(2)9(12(3)10(15)17-11)13(14)7-8-5-4-6-16-8/h4-7,9H,1-3H3/b13-7-. The van der Waals surface area contributed by atoms with Crippen LogP contribution in [0.15, 0.2) is 17.5 Å². The van der Waals surface area contributed by atoms with Crippen molar-refractivity contribution < 1.29 is 4.74 Å². The molecule has 0 aromatic carbocycles. The van der Waals surface area contributed by atoms with Crippen LogP contribution < -0.4 is 0 Å². The van der Waals surface area contributed by atoms with E-state index in [4.69, 9.17) is 12.2 Å². The lowest BCUT2D eigenvalue weighted by atomic mass is 10.1. The number of thiophene rings is 1. The van der Waals surface area contributed by atoms with Gasteiger partial charge in [-0.05, 0) is 25.3 Å². The van der Waals surface area contributed by atoms with E-state index in [1.165, 1.54) is 0 Å². The molecule has 0 aliphatic carbocycles. The summed E-state index contributed by atoms with van der Waals surface area (Å²) in [6, 6.07) is 3.87. The molecule has 2 rings (SSSR count). The van der Waals surface area contributed by atoms with Crippen molar-refractivity contribution in [1.82, 2.24) is 4.90 Å². The average Bonchev–Trinajstić information content (AvgIpc) is 2.74. The predicted molar refractivity (Wildman–Crippen MR) is 78.9 cm³/mol. The topological polar surface area (TPSA) is 29.3 Å². The first kappa shape index (κ1) is 12.9. The smallest absolute Gasteiger partial charge is 0.254 e. The normalized spacial score (nSPS) is 24.4. The monoisotopic (exact) mass is 286 g/mol. The fourth-order valence-electron chi connectivity index (χ4n) is 1.95. The van der Waals surface area contributed by atoms with Crippen LogP contribution in [0.3, 0.4) is 0 Å². The van der Waals surface area contributed by atoms with Crippen molar-refractivity contribution in [2.24, 2.45) is 0 Å². The summed E-state index contributed by atoms with van der Waals surface area (Å²) < 4.78 is 1.60. The van der Waals surface area contributed by atoms with E-state index in [9.17, 15) is 5.21 Å². The van der Waals surface area contributed by atoms with Crippen LogP contribution in [0.1, 0.15) is 18.7 Å². The zero-order chi connectivity index (χ0) is 12.6. The van der Waals surface area contributed by atoms with Gasteiger partial charge < -0.3 is 10.1 Å². The maximum atomic E-state index is 12.2. The van der Waals surface area contributed by atoms with Gasteiger partial charge in [0.05, 0.1) is 4.88 Å². The Bertz CT molecular complexity index is 453. The van der Waals surface area contributed by atoms with Gasteiger partial charge in [-0.25, -0.2) is 0 Å². The summed E-state index contributed by atoms with van der Waals surface area (Å²) in [4.78, 5) is 2.84. The third kappa shape index (κ3) is 2.48. The summed E-state index contributed by atoms with van der Waals surface area (Å²) in [6.45, 7) is 4.09. The SMILES string of the molecule is CN1C(=S)SC(C)(C)C1/[N+]([O-])=C/c1cccs1. The summed E-state index contributed by atoms with van der Waals surface area (Å²) in [5.41, 5.74) is 0. The van der Waals surface area contributed by atoms with Crippen molar-refractivity contribution in [2.45, 2.75) is 24.8 Å². The number of thioether (sulfide) groups is 1. The Balaban J connectivity index is 2.30. The molecule has 0 bridgehead atoms. The second-order valence-electron chi connectivity index (χ2n) is 4.46. The highest BCUT2D eigenvalue weighted by atomic mass is 32.2. The largest absolute Gasteiger partial charge is 0.622 e. The zero-order valence-electron chi connectivity index (χ0n) is 9.91.